The van der Waals surface area contributed by atoms with Gasteiger partial charge in [0.2, 0.25) is 0 Å². The van der Waals surface area contributed by atoms with Gasteiger partial charge in [-0.05, 0) is 32.4 Å². The first-order valence-corrected chi connectivity index (χ1v) is 10.0. The van der Waals surface area contributed by atoms with E-state index in [1.165, 1.54) is 0 Å². The van der Waals surface area contributed by atoms with Crippen LogP contribution >= 0.6 is 0 Å². The summed E-state index contributed by atoms with van der Waals surface area (Å²) in [6, 6.07) is 18.2. The van der Waals surface area contributed by atoms with Crippen molar-refractivity contribution in [1.29, 1.82) is 0 Å². The van der Waals surface area contributed by atoms with Crippen LogP contribution in [-0.2, 0) is 6.42 Å². The molecule has 2 atom stereocenters. The van der Waals surface area contributed by atoms with Crippen LogP contribution in [0, 0.1) is 0 Å². The van der Waals surface area contributed by atoms with Crippen molar-refractivity contribution in [3.63, 3.8) is 0 Å². The molecule has 5 nitrogen and oxygen atoms in total. The second-order valence-corrected chi connectivity index (χ2v) is 7.86. The molecule has 0 amide bonds. The minimum Gasteiger partial charge on any atom is -0.487 e. The molecular formula is C23H31N3O2. The van der Waals surface area contributed by atoms with E-state index < -0.39 is 6.10 Å². The van der Waals surface area contributed by atoms with Gasteiger partial charge in [-0.2, -0.15) is 0 Å². The molecule has 2 unspecified atom stereocenters. The summed E-state index contributed by atoms with van der Waals surface area (Å²) in [4.78, 5) is 4.63. The molecular weight excluding hydrogens is 350 g/mol. The Kier molecular flexibility index (Phi) is 6.57. The Bertz CT molecular complexity index is 789. The molecule has 1 aliphatic rings. The summed E-state index contributed by atoms with van der Waals surface area (Å²) in [5.41, 5.74) is 2.00. The number of hydrogen-bond donors (Lipinski definition) is 3. The van der Waals surface area contributed by atoms with Crippen molar-refractivity contribution in [3.8, 4) is 5.75 Å². The SMILES string of the molecule is CCNC(=NCC(O)Cc1ccccc1)NC1CC(C)(C)Oc2ccccc21. The van der Waals surface area contributed by atoms with Crippen LogP contribution in [0.3, 0.4) is 0 Å². The van der Waals surface area contributed by atoms with E-state index in [2.05, 4.69) is 35.5 Å². The van der Waals surface area contributed by atoms with Crippen molar-refractivity contribution in [3.05, 3.63) is 65.7 Å². The molecule has 0 radical (unpaired) electrons. The molecule has 0 saturated carbocycles. The number of guanidine groups is 1. The van der Waals surface area contributed by atoms with Crippen LogP contribution in [-0.4, -0.2) is 35.9 Å². The van der Waals surface area contributed by atoms with Gasteiger partial charge in [0, 0.05) is 24.9 Å². The molecule has 1 aliphatic heterocycles. The van der Waals surface area contributed by atoms with Crippen molar-refractivity contribution in [2.75, 3.05) is 13.1 Å². The minimum atomic E-state index is -0.517. The van der Waals surface area contributed by atoms with Crippen LogP contribution in [0.5, 0.6) is 5.75 Å². The number of fused-ring (bicyclic) bond motifs is 1. The number of aliphatic hydroxyl groups excluding tert-OH is 1. The van der Waals surface area contributed by atoms with Gasteiger partial charge in [0.1, 0.15) is 11.4 Å². The maximum absolute atomic E-state index is 10.4. The Hall–Kier alpha value is -2.53. The van der Waals surface area contributed by atoms with Crippen LogP contribution in [0.2, 0.25) is 0 Å². The Morgan fingerprint density at radius 3 is 2.64 bits per heavy atom. The number of ether oxygens (including phenoxy) is 1. The van der Waals surface area contributed by atoms with Gasteiger partial charge in [-0.1, -0.05) is 48.5 Å². The summed E-state index contributed by atoms with van der Waals surface area (Å²) in [5.74, 6) is 1.63. The van der Waals surface area contributed by atoms with Crippen LogP contribution in [0.4, 0.5) is 0 Å². The van der Waals surface area contributed by atoms with Crippen LogP contribution in [0.1, 0.15) is 44.4 Å². The van der Waals surface area contributed by atoms with E-state index in [1.807, 2.05) is 55.5 Å². The average molecular weight is 382 g/mol. The van der Waals surface area contributed by atoms with Crippen molar-refractivity contribution in [2.45, 2.75) is 51.4 Å². The fourth-order valence-corrected chi connectivity index (χ4v) is 3.56. The molecule has 3 N–H and O–H groups in total. The lowest BCUT2D eigenvalue weighted by atomic mass is 9.90. The highest BCUT2D eigenvalue weighted by molar-refractivity contribution is 5.80. The third-order valence-corrected chi connectivity index (χ3v) is 4.81. The van der Waals surface area contributed by atoms with E-state index in [4.69, 9.17) is 4.74 Å². The first-order chi connectivity index (χ1) is 13.5. The number of nitrogens with one attached hydrogen (secondary N) is 2. The molecule has 2 aromatic rings. The summed E-state index contributed by atoms with van der Waals surface area (Å²) >= 11 is 0. The molecule has 0 aromatic heterocycles. The third kappa shape index (κ3) is 5.49. The number of benzene rings is 2. The lowest BCUT2D eigenvalue weighted by Gasteiger charge is -2.38. The van der Waals surface area contributed by atoms with Gasteiger partial charge in [0.15, 0.2) is 5.96 Å². The summed E-state index contributed by atoms with van der Waals surface area (Å²) in [6.45, 7) is 7.35. The molecule has 150 valence electrons. The number of hydrogen-bond acceptors (Lipinski definition) is 3. The summed E-state index contributed by atoms with van der Waals surface area (Å²) in [6.07, 6.45) is 0.911. The van der Waals surface area contributed by atoms with Crippen LogP contribution in [0.25, 0.3) is 0 Å². The molecule has 0 fully saturated rings. The predicted octanol–water partition coefficient (Wildman–Crippen LogP) is 3.45. The van der Waals surface area contributed by atoms with Gasteiger partial charge >= 0.3 is 0 Å². The van der Waals surface area contributed by atoms with Crippen molar-refractivity contribution in [1.82, 2.24) is 10.6 Å². The molecule has 0 saturated heterocycles. The highest BCUT2D eigenvalue weighted by atomic mass is 16.5. The quantitative estimate of drug-likeness (QED) is 0.530. The largest absolute Gasteiger partial charge is 0.487 e. The van der Waals surface area contributed by atoms with Crippen molar-refractivity contribution >= 4 is 5.96 Å². The second-order valence-electron chi connectivity index (χ2n) is 7.86. The standard InChI is InChI=1S/C23H31N3O2/c1-4-24-22(25-16-18(27)14-17-10-6-5-7-11-17)26-20-15-23(2,3)28-21-13-9-8-12-19(20)21/h5-13,18,20,27H,4,14-16H2,1-3H3,(H2,24,25,26). The zero-order chi connectivity index (χ0) is 20.0. The summed E-state index contributed by atoms with van der Waals surface area (Å²) < 4.78 is 6.12. The Morgan fingerprint density at radius 2 is 1.89 bits per heavy atom. The van der Waals surface area contributed by atoms with E-state index >= 15 is 0 Å². The Balaban J connectivity index is 1.69. The van der Waals surface area contributed by atoms with E-state index in [1.54, 1.807) is 0 Å². The second kappa shape index (κ2) is 9.11. The highest BCUT2D eigenvalue weighted by Gasteiger charge is 2.33. The number of para-hydroxylation sites is 1. The monoisotopic (exact) mass is 381 g/mol. The maximum Gasteiger partial charge on any atom is 0.191 e. The molecule has 5 heteroatoms. The first kappa shape index (κ1) is 20.2. The van der Waals surface area contributed by atoms with Gasteiger partial charge < -0.3 is 20.5 Å². The first-order valence-electron chi connectivity index (χ1n) is 10.0. The van der Waals surface area contributed by atoms with Gasteiger partial charge in [0.25, 0.3) is 0 Å². The molecule has 3 rings (SSSR count). The number of aliphatic imine (C=N–C) groups is 1. The fraction of sp³-hybridized carbons (Fsp3) is 0.435. The lowest BCUT2D eigenvalue weighted by molar-refractivity contribution is 0.0693. The zero-order valence-corrected chi connectivity index (χ0v) is 17.0. The molecule has 2 aromatic carbocycles. The minimum absolute atomic E-state index is 0.101. The molecule has 0 bridgehead atoms. The maximum atomic E-state index is 10.4. The number of aliphatic hydroxyl groups is 1. The van der Waals surface area contributed by atoms with Crippen LogP contribution in [0.15, 0.2) is 59.6 Å². The molecule has 28 heavy (non-hydrogen) atoms. The Labute approximate surface area is 167 Å². The van der Waals surface area contributed by atoms with E-state index in [9.17, 15) is 5.11 Å². The van der Waals surface area contributed by atoms with E-state index in [0.717, 1.165) is 29.8 Å². The summed E-state index contributed by atoms with van der Waals surface area (Å²) in [7, 11) is 0. The van der Waals surface area contributed by atoms with Gasteiger partial charge in [-0.3, -0.25) is 4.99 Å². The molecule has 0 spiro atoms. The van der Waals surface area contributed by atoms with Gasteiger partial charge in [0.05, 0.1) is 18.7 Å². The van der Waals surface area contributed by atoms with Crippen molar-refractivity contribution < 1.29 is 9.84 Å². The zero-order valence-electron chi connectivity index (χ0n) is 17.0. The van der Waals surface area contributed by atoms with E-state index in [-0.39, 0.29) is 11.6 Å². The smallest absolute Gasteiger partial charge is 0.191 e. The van der Waals surface area contributed by atoms with E-state index in [0.29, 0.717) is 18.9 Å². The molecule has 1 heterocycles. The van der Waals surface area contributed by atoms with Gasteiger partial charge in [-0.15, -0.1) is 0 Å². The Morgan fingerprint density at radius 1 is 1.18 bits per heavy atom. The predicted molar refractivity (Wildman–Crippen MR) is 114 cm³/mol. The fourth-order valence-electron chi connectivity index (χ4n) is 3.56. The van der Waals surface area contributed by atoms with Crippen LogP contribution < -0.4 is 15.4 Å². The van der Waals surface area contributed by atoms with Gasteiger partial charge in [-0.25, -0.2) is 0 Å². The average Bonchev–Trinajstić information content (AvgIpc) is 2.66. The highest BCUT2D eigenvalue weighted by Crippen LogP contribution is 2.39. The van der Waals surface area contributed by atoms with Crippen molar-refractivity contribution in [2.24, 2.45) is 4.99 Å². The number of nitrogens with zero attached hydrogens (tertiary/aromatic N) is 1. The number of rotatable bonds is 6. The summed E-state index contributed by atoms with van der Waals surface area (Å²) in [5, 5.41) is 17.2. The molecule has 0 aliphatic carbocycles. The third-order valence-electron chi connectivity index (χ3n) is 4.81. The topological polar surface area (TPSA) is 65.9 Å². The lowest BCUT2D eigenvalue weighted by Crippen LogP contribution is -2.45. The normalized spacial score (nSPS) is 19.3.